The number of carbonyl (C=O) groups is 2. The molecule has 2 N–H and O–H groups in total. The average molecular weight is 353 g/mol. The van der Waals surface area contributed by atoms with Gasteiger partial charge >= 0.3 is 0 Å². The number of carbonyl (C=O) groups excluding carboxylic acids is 2. The number of para-hydroxylation sites is 2. The van der Waals surface area contributed by atoms with Gasteiger partial charge in [-0.25, -0.2) is 0 Å². The van der Waals surface area contributed by atoms with Gasteiger partial charge in [0.15, 0.2) is 0 Å². The van der Waals surface area contributed by atoms with Gasteiger partial charge in [-0.2, -0.15) is 0 Å². The molecule has 0 aromatic heterocycles. The van der Waals surface area contributed by atoms with Gasteiger partial charge in [0.05, 0.1) is 5.69 Å². The minimum absolute atomic E-state index is 0.00742. The Labute approximate surface area is 153 Å². The standard InChI is InChI=1S/C20H23N3O3/c1-15(24)21-14-16-6-8-17(9-7-16)20(26)23-12-10-22(11-13-23)18-4-2-3-5-19(18)25/h2-9,25H,10-14H2,1H3,(H,21,24). The molecule has 2 aromatic carbocycles. The van der Waals surface area contributed by atoms with E-state index in [0.29, 0.717) is 38.3 Å². The third kappa shape index (κ3) is 4.14. The predicted molar refractivity (Wildman–Crippen MR) is 100 cm³/mol. The van der Waals surface area contributed by atoms with Crippen molar-refractivity contribution in [3.63, 3.8) is 0 Å². The fraction of sp³-hybridized carbons (Fsp3) is 0.300. The Hall–Kier alpha value is -3.02. The zero-order chi connectivity index (χ0) is 18.5. The Morgan fingerprint density at radius 3 is 2.27 bits per heavy atom. The van der Waals surface area contributed by atoms with Crippen LogP contribution in [0.15, 0.2) is 48.5 Å². The fourth-order valence-corrected chi connectivity index (χ4v) is 3.06. The highest BCUT2D eigenvalue weighted by atomic mass is 16.3. The summed E-state index contributed by atoms with van der Waals surface area (Å²) in [5, 5.41) is 12.7. The molecule has 6 nitrogen and oxygen atoms in total. The molecule has 1 saturated heterocycles. The summed E-state index contributed by atoms with van der Waals surface area (Å²) in [5.74, 6) is 0.197. The summed E-state index contributed by atoms with van der Waals surface area (Å²) < 4.78 is 0. The van der Waals surface area contributed by atoms with E-state index in [0.717, 1.165) is 11.3 Å². The Kier molecular flexibility index (Phi) is 5.41. The van der Waals surface area contributed by atoms with Crippen LogP contribution in [0.5, 0.6) is 5.75 Å². The Morgan fingerprint density at radius 2 is 1.65 bits per heavy atom. The molecule has 1 aliphatic heterocycles. The van der Waals surface area contributed by atoms with Crippen LogP contribution in [0.1, 0.15) is 22.8 Å². The highest BCUT2D eigenvalue weighted by Gasteiger charge is 2.23. The summed E-state index contributed by atoms with van der Waals surface area (Å²) in [6, 6.07) is 14.6. The van der Waals surface area contributed by atoms with Crippen molar-refractivity contribution < 1.29 is 14.7 Å². The third-order valence-electron chi connectivity index (χ3n) is 4.53. The Balaban J connectivity index is 1.58. The molecule has 0 unspecified atom stereocenters. The zero-order valence-electron chi connectivity index (χ0n) is 14.8. The van der Waals surface area contributed by atoms with Crippen LogP contribution < -0.4 is 10.2 Å². The van der Waals surface area contributed by atoms with Crippen molar-refractivity contribution >= 4 is 17.5 Å². The molecule has 0 spiro atoms. The molecule has 0 bridgehead atoms. The SMILES string of the molecule is CC(=O)NCc1ccc(C(=O)N2CCN(c3ccccc3O)CC2)cc1. The monoisotopic (exact) mass is 353 g/mol. The van der Waals surface area contributed by atoms with Crippen molar-refractivity contribution in [2.45, 2.75) is 13.5 Å². The van der Waals surface area contributed by atoms with Gasteiger partial charge in [0.25, 0.3) is 5.91 Å². The largest absolute Gasteiger partial charge is 0.506 e. The quantitative estimate of drug-likeness (QED) is 0.882. The smallest absolute Gasteiger partial charge is 0.253 e. The molecule has 1 fully saturated rings. The summed E-state index contributed by atoms with van der Waals surface area (Å²) >= 11 is 0. The first-order chi connectivity index (χ1) is 12.5. The van der Waals surface area contributed by atoms with E-state index >= 15 is 0 Å². The van der Waals surface area contributed by atoms with Gasteiger partial charge in [-0.1, -0.05) is 24.3 Å². The maximum Gasteiger partial charge on any atom is 0.253 e. The van der Waals surface area contributed by atoms with Crippen LogP contribution in [0.2, 0.25) is 0 Å². The first-order valence-corrected chi connectivity index (χ1v) is 8.70. The molecule has 1 aliphatic rings. The van der Waals surface area contributed by atoms with Gasteiger partial charge < -0.3 is 20.2 Å². The highest BCUT2D eigenvalue weighted by molar-refractivity contribution is 5.94. The molecule has 0 radical (unpaired) electrons. The number of rotatable bonds is 4. The summed E-state index contributed by atoms with van der Waals surface area (Å²) in [6.07, 6.45) is 0. The lowest BCUT2D eigenvalue weighted by Crippen LogP contribution is -2.48. The average Bonchev–Trinajstić information content (AvgIpc) is 2.67. The minimum Gasteiger partial charge on any atom is -0.506 e. The molecule has 0 atom stereocenters. The number of anilines is 1. The van der Waals surface area contributed by atoms with Crippen LogP contribution >= 0.6 is 0 Å². The van der Waals surface area contributed by atoms with Crippen LogP contribution in [0.3, 0.4) is 0 Å². The lowest BCUT2D eigenvalue weighted by atomic mass is 10.1. The third-order valence-corrected chi connectivity index (χ3v) is 4.53. The second-order valence-electron chi connectivity index (χ2n) is 6.37. The normalized spacial score (nSPS) is 14.2. The Bertz CT molecular complexity index is 781. The first-order valence-electron chi connectivity index (χ1n) is 8.70. The second kappa shape index (κ2) is 7.91. The molecule has 26 heavy (non-hydrogen) atoms. The van der Waals surface area contributed by atoms with E-state index in [1.54, 1.807) is 24.3 Å². The minimum atomic E-state index is -0.0764. The summed E-state index contributed by atoms with van der Waals surface area (Å²) in [4.78, 5) is 27.6. The molecule has 1 heterocycles. The van der Waals surface area contributed by atoms with Gasteiger partial charge in [0, 0.05) is 45.2 Å². The van der Waals surface area contributed by atoms with E-state index in [1.807, 2.05) is 29.2 Å². The number of aromatic hydroxyl groups is 1. The van der Waals surface area contributed by atoms with E-state index in [9.17, 15) is 14.7 Å². The number of amides is 2. The van der Waals surface area contributed by atoms with Crippen LogP contribution in [-0.4, -0.2) is 48.0 Å². The molecule has 136 valence electrons. The number of phenolic OH excluding ortho intramolecular Hbond substituents is 1. The van der Waals surface area contributed by atoms with Gasteiger partial charge in [0.1, 0.15) is 5.75 Å². The highest BCUT2D eigenvalue weighted by Crippen LogP contribution is 2.27. The van der Waals surface area contributed by atoms with Crippen molar-refractivity contribution in [1.29, 1.82) is 0 Å². The van der Waals surface area contributed by atoms with Gasteiger partial charge in [-0.15, -0.1) is 0 Å². The van der Waals surface area contributed by atoms with Crippen molar-refractivity contribution in [1.82, 2.24) is 10.2 Å². The number of benzene rings is 2. The maximum atomic E-state index is 12.7. The summed E-state index contributed by atoms with van der Waals surface area (Å²) in [5.41, 5.74) is 2.41. The number of phenols is 1. The van der Waals surface area contributed by atoms with Gasteiger partial charge in [-0.3, -0.25) is 9.59 Å². The van der Waals surface area contributed by atoms with E-state index in [4.69, 9.17) is 0 Å². The second-order valence-corrected chi connectivity index (χ2v) is 6.37. The Morgan fingerprint density at radius 1 is 1.00 bits per heavy atom. The van der Waals surface area contributed by atoms with E-state index in [1.165, 1.54) is 6.92 Å². The summed E-state index contributed by atoms with van der Waals surface area (Å²) in [6.45, 7) is 4.53. The lowest BCUT2D eigenvalue weighted by Gasteiger charge is -2.36. The van der Waals surface area contributed by atoms with E-state index in [2.05, 4.69) is 10.2 Å². The molecule has 6 heteroatoms. The predicted octanol–water partition coefficient (Wildman–Crippen LogP) is 1.99. The summed E-state index contributed by atoms with van der Waals surface area (Å²) in [7, 11) is 0. The van der Waals surface area contributed by atoms with E-state index in [-0.39, 0.29) is 17.6 Å². The van der Waals surface area contributed by atoms with Gasteiger partial charge in [-0.05, 0) is 29.8 Å². The van der Waals surface area contributed by atoms with Crippen LogP contribution in [0.4, 0.5) is 5.69 Å². The molecule has 3 rings (SSSR count). The van der Waals surface area contributed by atoms with Gasteiger partial charge in [0.2, 0.25) is 5.91 Å². The topological polar surface area (TPSA) is 72.9 Å². The maximum absolute atomic E-state index is 12.7. The fourth-order valence-electron chi connectivity index (χ4n) is 3.06. The molecule has 2 amide bonds. The molecule has 0 saturated carbocycles. The van der Waals surface area contributed by atoms with Crippen LogP contribution in [0.25, 0.3) is 0 Å². The van der Waals surface area contributed by atoms with E-state index < -0.39 is 0 Å². The van der Waals surface area contributed by atoms with Crippen LogP contribution in [0, 0.1) is 0 Å². The number of hydrogen-bond donors (Lipinski definition) is 2. The number of hydrogen-bond acceptors (Lipinski definition) is 4. The molecule has 2 aromatic rings. The molecular weight excluding hydrogens is 330 g/mol. The molecular formula is C20H23N3O3. The van der Waals surface area contributed by atoms with Crippen molar-refractivity contribution in [2.75, 3.05) is 31.1 Å². The molecule has 0 aliphatic carbocycles. The van der Waals surface area contributed by atoms with Crippen molar-refractivity contribution in [3.05, 3.63) is 59.7 Å². The lowest BCUT2D eigenvalue weighted by molar-refractivity contribution is -0.119. The number of nitrogens with one attached hydrogen (secondary N) is 1. The van der Waals surface area contributed by atoms with Crippen LogP contribution in [-0.2, 0) is 11.3 Å². The number of piperazine rings is 1. The zero-order valence-corrected chi connectivity index (χ0v) is 14.8. The van der Waals surface area contributed by atoms with Crippen molar-refractivity contribution in [2.24, 2.45) is 0 Å². The first kappa shape index (κ1) is 17.8. The van der Waals surface area contributed by atoms with Crippen molar-refractivity contribution in [3.8, 4) is 5.75 Å². The number of nitrogens with zero attached hydrogens (tertiary/aromatic N) is 2.